The maximum Gasteiger partial charge on any atom is 0.362 e. The largest absolute Gasteiger partial charge is 0.476 e. The highest BCUT2D eigenvalue weighted by Gasteiger charge is 2.21. The zero-order valence-electron chi connectivity index (χ0n) is 11.1. The number of aromatic carboxylic acids is 1. The van der Waals surface area contributed by atoms with Crippen LogP contribution in [0, 0.1) is 13.8 Å². The molecule has 1 N–H and O–H groups in total. The van der Waals surface area contributed by atoms with Gasteiger partial charge in [-0.05, 0) is 32.9 Å². The van der Waals surface area contributed by atoms with E-state index in [9.17, 15) is 4.79 Å². The number of aromatic nitrogens is 1. The molecule has 0 unspecified atom stereocenters. The first-order valence-electron chi connectivity index (χ1n) is 5.97. The van der Waals surface area contributed by atoms with Crippen molar-refractivity contribution >= 4 is 5.97 Å². The molecule has 0 bridgehead atoms. The number of nitrogens with zero attached hydrogens (tertiary/aromatic N) is 1. The van der Waals surface area contributed by atoms with E-state index in [1.807, 2.05) is 32.0 Å². The van der Waals surface area contributed by atoms with E-state index in [1.54, 1.807) is 6.92 Å². The first-order chi connectivity index (χ1) is 9.01. The summed E-state index contributed by atoms with van der Waals surface area (Å²) < 4.78 is 10.5. The van der Waals surface area contributed by atoms with Gasteiger partial charge >= 0.3 is 11.9 Å². The van der Waals surface area contributed by atoms with Crippen LogP contribution in [0.15, 0.2) is 22.6 Å². The molecule has 0 saturated carbocycles. The summed E-state index contributed by atoms with van der Waals surface area (Å²) in [5.41, 5.74) is 2.66. The molecule has 0 aliphatic carbocycles. The van der Waals surface area contributed by atoms with Crippen molar-refractivity contribution in [1.29, 1.82) is 0 Å². The molecular weight excluding hydrogens is 246 g/mol. The van der Waals surface area contributed by atoms with E-state index in [1.165, 1.54) is 0 Å². The number of ether oxygens (including phenoxy) is 1. The maximum atomic E-state index is 11.1. The molecule has 0 saturated heterocycles. The molecule has 5 nitrogen and oxygen atoms in total. The molecular formula is C14H15NO4. The number of carboxylic acid groups (broad SMARTS) is 1. The van der Waals surface area contributed by atoms with E-state index in [-0.39, 0.29) is 17.5 Å². The van der Waals surface area contributed by atoms with Gasteiger partial charge in [0.1, 0.15) is 0 Å². The minimum absolute atomic E-state index is 0.0517. The maximum absolute atomic E-state index is 11.1. The number of oxazole rings is 1. The van der Waals surface area contributed by atoms with Crippen molar-refractivity contribution in [1.82, 2.24) is 4.98 Å². The Morgan fingerprint density at radius 3 is 2.47 bits per heavy atom. The lowest BCUT2D eigenvalue weighted by molar-refractivity contribution is 0.0683. The molecule has 0 fully saturated rings. The average molecular weight is 261 g/mol. The Balaban J connectivity index is 2.50. The van der Waals surface area contributed by atoms with Crippen LogP contribution in [0.3, 0.4) is 0 Å². The topological polar surface area (TPSA) is 72.6 Å². The summed E-state index contributed by atoms with van der Waals surface area (Å²) in [5, 5.41) is 9.06. The second kappa shape index (κ2) is 5.14. The number of aryl methyl sites for hydroxylation is 2. The fourth-order valence-electron chi connectivity index (χ4n) is 1.89. The first-order valence-corrected chi connectivity index (χ1v) is 5.97. The SMILES string of the molecule is CCOc1oc(-c2cc(C)cc(C)c2)nc1C(=O)O. The van der Waals surface area contributed by atoms with Crippen LogP contribution in [0.5, 0.6) is 5.95 Å². The molecule has 100 valence electrons. The number of carbonyl (C=O) groups is 1. The van der Waals surface area contributed by atoms with Gasteiger partial charge in [0.05, 0.1) is 6.61 Å². The molecule has 5 heteroatoms. The van der Waals surface area contributed by atoms with Crippen LogP contribution in [-0.2, 0) is 0 Å². The minimum atomic E-state index is -1.16. The summed E-state index contributed by atoms with van der Waals surface area (Å²) in [6, 6.07) is 5.80. The normalized spacial score (nSPS) is 10.5. The predicted octanol–water partition coefficient (Wildman–Crippen LogP) is 3.06. The lowest BCUT2D eigenvalue weighted by Gasteiger charge is -2.00. The Kier molecular flexibility index (Phi) is 3.55. The monoisotopic (exact) mass is 261 g/mol. The van der Waals surface area contributed by atoms with Crippen molar-refractivity contribution in [2.45, 2.75) is 20.8 Å². The lowest BCUT2D eigenvalue weighted by Crippen LogP contribution is -2.01. The number of rotatable bonds is 4. The third kappa shape index (κ3) is 2.76. The molecule has 0 spiro atoms. The van der Waals surface area contributed by atoms with Gasteiger partial charge in [0.2, 0.25) is 11.6 Å². The third-order valence-corrected chi connectivity index (χ3v) is 2.54. The molecule has 0 amide bonds. The first kappa shape index (κ1) is 13.1. The fraction of sp³-hybridized carbons (Fsp3) is 0.286. The van der Waals surface area contributed by atoms with Crippen molar-refractivity contribution in [2.24, 2.45) is 0 Å². The quantitative estimate of drug-likeness (QED) is 0.915. The summed E-state index contributed by atoms with van der Waals surface area (Å²) in [5.74, 6) is -0.959. The molecule has 2 rings (SSSR count). The number of benzene rings is 1. The number of hydrogen-bond donors (Lipinski definition) is 1. The van der Waals surface area contributed by atoms with Crippen molar-refractivity contribution in [2.75, 3.05) is 6.61 Å². The van der Waals surface area contributed by atoms with E-state index in [4.69, 9.17) is 14.3 Å². The molecule has 0 aliphatic heterocycles. The number of carboxylic acids is 1. The average Bonchev–Trinajstić information content (AvgIpc) is 2.72. The molecule has 0 radical (unpaired) electrons. The Morgan fingerprint density at radius 1 is 1.32 bits per heavy atom. The summed E-state index contributed by atoms with van der Waals surface area (Å²) >= 11 is 0. The Hall–Kier alpha value is -2.30. The molecule has 1 aromatic heterocycles. The van der Waals surface area contributed by atoms with Gasteiger partial charge in [0, 0.05) is 5.56 Å². The zero-order valence-corrected chi connectivity index (χ0v) is 11.1. The van der Waals surface area contributed by atoms with Crippen LogP contribution in [0.1, 0.15) is 28.5 Å². The zero-order chi connectivity index (χ0) is 14.0. The lowest BCUT2D eigenvalue weighted by atomic mass is 10.1. The molecule has 19 heavy (non-hydrogen) atoms. The molecule has 0 atom stereocenters. The van der Waals surface area contributed by atoms with Gasteiger partial charge in [-0.1, -0.05) is 17.2 Å². The summed E-state index contributed by atoms with van der Waals surface area (Å²) in [4.78, 5) is 15.1. The van der Waals surface area contributed by atoms with Crippen molar-refractivity contribution in [3.8, 4) is 17.4 Å². The van der Waals surface area contributed by atoms with Crippen LogP contribution in [0.25, 0.3) is 11.5 Å². The van der Waals surface area contributed by atoms with Crippen LogP contribution in [0.4, 0.5) is 0 Å². The van der Waals surface area contributed by atoms with Crippen LogP contribution in [0.2, 0.25) is 0 Å². The van der Waals surface area contributed by atoms with Crippen LogP contribution in [-0.4, -0.2) is 22.7 Å². The van der Waals surface area contributed by atoms with E-state index in [0.717, 1.165) is 16.7 Å². The van der Waals surface area contributed by atoms with Crippen molar-refractivity contribution in [3.05, 3.63) is 35.0 Å². The highest BCUT2D eigenvalue weighted by molar-refractivity contribution is 5.88. The van der Waals surface area contributed by atoms with E-state index >= 15 is 0 Å². The van der Waals surface area contributed by atoms with Crippen LogP contribution < -0.4 is 4.74 Å². The van der Waals surface area contributed by atoms with Gasteiger partial charge in [-0.3, -0.25) is 0 Å². The highest BCUT2D eigenvalue weighted by atomic mass is 16.6. The summed E-state index contributed by atoms with van der Waals surface area (Å²) in [6.07, 6.45) is 0. The van der Waals surface area contributed by atoms with Gasteiger partial charge in [-0.2, -0.15) is 4.98 Å². The summed E-state index contributed by atoms with van der Waals surface area (Å²) in [6.45, 7) is 5.99. The summed E-state index contributed by atoms with van der Waals surface area (Å²) in [7, 11) is 0. The second-order valence-electron chi connectivity index (χ2n) is 4.27. The Labute approximate surface area is 110 Å². The Morgan fingerprint density at radius 2 is 1.95 bits per heavy atom. The number of hydrogen-bond acceptors (Lipinski definition) is 4. The third-order valence-electron chi connectivity index (χ3n) is 2.54. The smallest absolute Gasteiger partial charge is 0.362 e. The van der Waals surface area contributed by atoms with E-state index in [0.29, 0.717) is 6.61 Å². The van der Waals surface area contributed by atoms with Crippen molar-refractivity contribution < 1.29 is 19.1 Å². The van der Waals surface area contributed by atoms with E-state index < -0.39 is 5.97 Å². The van der Waals surface area contributed by atoms with Gasteiger partial charge < -0.3 is 14.3 Å². The van der Waals surface area contributed by atoms with Crippen LogP contribution >= 0.6 is 0 Å². The predicted molar refractivity (Wildman–Crippen MR) is 69.5 cm³/mol. The Bertz CT molecular complexity index is 596. The minimum Gasteiger partial charge on any atom is -0.476 e. The van der Waals surface area contributed by atoms with Gasteiger partial charge in [0.15, 0.2) is 0 Å². The molecule has 1 heterocycles. The van der Waals surface area contributed by atoms with E-state index in [2.05, 4.69) is 4.98 Å². The van der Waals surface area contributed by atoms with Gasteiger partial charge in [-0.15, -0.1) is 0 Å². The van der Waals surface area contributed by atoms with Gasteiger partial charge in [0.25, 0.3) is 0 Å². The molecule has 1 aromatic carbocycles. The standard InChI is InChI=1S/C14H15NO4/c1-4-18-14-11(13(16)17)15-12(19-14)10-6-8(2)5-9(3)7-10/h5-7H,4H2,1-3H3,(H,16,17). The molecule has 2 aromatic rings. The van der Waals surface area contributed by atoms with Crippen molar-refractivity contribution in [3.63, 3.8) is 0 Å². The molecule has 0 aliphatic rings. The van der Waals surface area contributed by atoms with Gasteiger partial charge in [-0.25, -0.2) is 4.79 Å². The highest BCUT2D eigenvalue weighted by Crippen LogP contribution is 2.28. The fourth-order valence-corrected chi connectivity index (χ4v) is 1.89. The second-order valence-corrected chi connectivity index (χ2v) is 4.27.